The molecule has 1 aliphatic rings. The number of rotatable bonds is 7. The van der Waals surface area contributed by atoms with Crippen LogP contribution in [0.1, 0.15) is 37.7 Å². The van der Waals surface area contributed by atoms with Gasteiger partial charge in [0.05, 0.1) is 0 Å². The Hall–Kier alpha value is -1.88. The van der Waals surface area contributed by atoms with Gasteiger partial charge in [0.2, 0.25) is 5.91 Å². The average molecular weight is 290 g/mol. The lowest BCUT2D eigenvalue weighted by molar-refractivity contribution is -0.142. The average Bonchev–Trinajstić information content (AvgIpc) is 2.42. The van der Waals surface area contributed by atoms with E-state index in [1.54, 1.807) is 0 Å². The van der Waals surface area contributed by atoms with E-state index in [-0.39, 0.29) is 12.3 Å². The van der Waals surface area contributed by atoms with Gasteiger partial charge >= 0.3 is 5.97 Å². The van der Waals surface area contributed by atoms with Gasteiger partial charge in [-0.15, -0.1) is 0 Å². The number of aliphatic carboxylic acids is 1. The fourth-order valence-corrected chi connectivity index (χ4v) is 2.59. The SMILES string of the molecule is NC1(CC(=O)NC(CCc2ccccc2)C(=O)O)CCC1. The third-order valence-electron chi connectivity index (χ3n) is 4.06. The molecule has 0 aromatic heterocycles. The lowest BCUT2D eigenvalue weighted by Gasteiger charge is -2.37. The summed E-state index contributed by atoms with van der Waals surface area (Å²) >= 11 is 0. The first kappa shape index (κ1) is 15.5. The van der Waals surface area contributed by atoms with Crippen molar-refractivity contribution in [1.82, 2.24) is 5.32 Å². The van der Waals surface area contributed by atoms with E-state index in [1.807, 2.05) is 30.3 Å². The van der Waals surface area contributed by atoms with E-state index >= 15 is 0 Å². The summed E-state index contributed by atoms with van der Waals surface area (Å²) in [5.41, 5.74) is 6.65. The molecule has 2 rings (SSSR count). The van der Waals surface area contributed by atoms with Crippen molar-refractivity contribution in [3.05, 3.63) is 35.9 Å². The molecule has 114 valence electrons. The first-order valence-electron chi connectivity index (χ1n) is 7.33. The highest BCUT2D eigenvalue weighted by molar-refractivity contribution is 5.84. The van der Waals surface area contributed by atoms with E-state index in [9.17, 15) is 14.7 Å². The fraction of sp³-hybridized carbons (Fsp3) is 0.500. The molecule has 0 heterocycles. The summed E-state index contributed by atoms with van der Waals surface area (Å²) in [6.07, 6.45) is 3.92. The molecule has 0 saturated heterocycles. The topological polar surface area (TPSA) is 92.4 Å². The van der Waals surface area contributed by atoms with Crippen LogP contribution in [0.2, 0.25) is 0 Å². The normalized spacial score (nSPS) is 17.6. The summed E-state index contributed by atoms with van der Waals surface area (Å²) in [7, 11) is 0. The maximum atomic E-state index is 11.9. The van der Waals surface area contributed by atoms with Crippen LogP contribution in [-0.4, -0.2) is 28.6 Å². The van der Waals surface area contributed by atoms with Crippen LogP contribution in [-0.2, 0) is 16.0 Å². The monoisotopic (exact) mass is 290 g/mol. The molecule has 1 aromatic rings. The Kier molecular flexibility index (Phi) is 4.96. The molecule has 0 aliphatic heterocycles. The van der Waals surface area contributed by atoms with Crippen molar-refractivity contribution in [3.63, 3.8) is 0 Å². The fourth-order valence-electron chi connectivity index (χ4n) is 2.59. The first-order chi connectivity index (χ1) is 9.98. The van der Waals surface area contributed by atoms with Crippen molar-refractivity contribution in [2.75, 3.05) is 0 Å². The number of carbonyl (C=O) groups excluding carboxylic acids is 1. The third kappa shape index (κ3) is 4.56. The molecular formula is C16H22N2O3. The Morgan fingerprint density at radius 1 is 1.29 bits per heavy atom. The largest absolute Gasteiger partial charge is 0.480 e. The lowest BCUT2D eigenvalue weighted by Crippen LogP contribution is -2.52. The van der Waals surface area contributed by atoms with Gasteiger partial charge in [-0.1, -0.05) is 30.3 Å². The third-order valence-corrected chi connectivity index (χ3v) is 4.06. The van der Waals surface area contributed by atoms with Gasteiger partial charge in [-0.2, -0.15) is 0 Å². The maximum absolute atomic E-state index is 11.9. The van der Waals surface area contributed by atoms with Crippen molar-refractivity contribution in [2.24, 2.45) is 5.73 Å². The second-order valence-electron chi connectivity index (χ2n) is 5.88. The van der Waals surface area contributed by atoms with Crippen LogP contribution in [0.3, 0.4) is 0 Å². The van der Waals surface area contributed by atoms with Crippen LogP contribution in [0.15, 0.2) is 30.3 Å². The van der Waals surface area contributed by atoms with Gasteiger partial charge in [-0.3, -0.25) is 4.79 Å². The van der Waals surface area contributed by atoms with E-state index < -0.39 is 17.6 Å². The summed E-state index contributed by atoms with van der Waals surface area (Å²) in [6, 6.07) is 8.78. The number of carboxylic acid groups (broad SMARTS) is 1. The van der Waals surface area contributed by atoms with Crippen LogP contribution >= 0.6 is 0 Å². The van der Waals surface area contributed by atoms with Gasteiger partial charge in [0.25, 0.3) is 0 Å². The van der Waals surface area contributed by atoms with Crippen LogP contribution in [0.4, 0.5) is 0 Å². The van der Waals surface area contributed by atoms with Crippen LogP contribution < -0.4 is 11.1 Å². The molecule has 1 aromatic carbocycles. The molecule has 1 saturated carbocycles. The quantitative estimate of drug-likeness (QED) is 0.709. The zero-order chi connectivity index (χ0) is 15.3. The highest BCUT2D eigenvalue weighted by atomic mass is 16.4. The molecule has 1 atom stereocenters. The van der Waals surface area contributed by atoms with E-state index in [1.165, 1.54) is 0 Å². The van der Waals surface area contributed by atoms with E-state index in [0.29, 0.717) is 12.8 Å². The van der Waals surface area contributed by atoms with Crippen molar-refractivity contribution in [2.45, 2.75) is 50.1 Å². The Morgan fingerprint density at radius 3 is 2.48 bits per heavy atom. The van der Waals surface area contributed by atoms with Gasteiger partial charge in [0.15, 0.2) is 0 Å². The van der Waals surface area contributed by atoms with E-state index in [4.69, 9.17) is 5.73 Å². The Balaban J connectivity index is 1.84. The van der Waals surface area contributed by atoms with Gasteiger partial charge < -0.3 is 16.2 Å². The molecule has 21 heavy (non-hydrogen) atoms. The Morgan fingerprint density at radius 2 is 1.95 bits per heavy atom. The molecule has 5 nitrogen and oxygen atoms in total. The number of hydrogen-bond acceptors (Lipinski definition) is 3. The molecule has 1 aliphatic carbocycles. The van der Waals surface area contributed by atoms with Gasteiger partial charge in [-0.05, 0) is 37.7 Å². The van der Waals surface area contributed by atoms with Gasteiger partial charge in [0, 0.05) is 12.0 Å². The molecular weight excluding hydrogens is 268 g/mol. The summed E-state index contributed by atoms with van der Waals surface area (Å²) < 4.78 is 0. The van der Waals surface area contributed by atoms with Crippen molar-refractivity contribution >= 4 is 11.9 Å². The lowest BCUT2D eigenvalue weighted by atomic mass is 9.75. The number of benzene rings is 1. The van der Waals surface area contributed by atoms with Gasteiger partial charge in [0.1, 0.15) is 6.04 Å². The second kappa shape index (κ2) is 6.72. The molecule has 0 bridgehead atoms. The Labute approximate surface area is 124 Å². The molecule has 0 radical (unpaired) electrons. The number of nitrogens with two attached hydrogens (primary N) is 1. The number of hydrogen-bond donors (Lipinski definition) is 3. The highest BCUT2D eigenvalue weighted by Gasteiger charge is 2.35. The van der Waals surface area contributed by atoms with Crippen molar-refractivity contribution < 1.29 is 14.7 Å². The summed E-state index contributed by atoms with van der Waals surface area (Å²) in [5, 5.41) is 11.8. The standard InChI is InChI=1S/C16H22N2O3/c17-16(9-4-10-16)11-14(19)18-13(15(20)21)8-7-12-5-2-1-3-6-12/h1-3,5-6,13H,4,7-11,17H2,(H,18,19)(H,20,21). The number of nitrogens with one attached hydrogen (secondary N) is 1. The van der Waals surface area contributed by atoms with Crippen LogP contribution in [0, 0.1) is 0 Å². The number of aryl methyl sites for hydroxylation is 1. The van der Waals surface area contributed by atoms with E-state index in [0.717, 1.165) is 24.8 Å². The summed E-state index contributed by atoms with van der Waals surface area (Å²) in [4.78, 5) is 23.2. The first-order valence-corrected chi connectivity index (χ1v) is 7.33. The minimum absolute atomic E-state index is 0.210. The van der Waals surface area contributed by atoms with Crippen LogP contribution in [0.25, 0.3) is 0 Å². The number of carboxylic acids is 1. The van der Waals surface area contributed by atoms with Crippen molar-refractivity contribution in [1.29, 1.82) is 0 Å². The summed E-state index contributed by atoms with van der Waals surface area (Å²) in [6.45, 7) is 0. The molecule has 0 spiro atoms. The minimum atomic E-state index is -1.00. The number of amides is 1. The van der Waals surface area contributed by atoms with Crippen LogP contribution in [0.5, 0.6) is 0 Å². The maximum Gasteiger partial charge on any atom is 0.326 e. The predicted octanol–water partition coefficient (Wildman–Crippen LogP) is 1.46. The molecule has 1 amide bonds. The highest BCUT2D eigenvalue weighted by Crippen LogP contribution is 2.31. The molecule has 1 unspecified atom stereocenters. The molecule has 1 fully saturated rings. The smallest absolute Gasteiger partial charge is 0.326 e. The Bertz CT molecular complexity index is 498. The van der Waals surface area contributed by atoms with Crippen molar-refractivity contribution in [3.8, 4) is 0 Å². The zero-order valence-electron chi connectivity index (χ0n) is 12.0. The second-order valence-corrected chi connectivity index (χ2v) is 5.88. The number of carbonyl (C=O) groups is 2. The minimum Gasteiger partial charge on any atom is -0.480 e. The molecule has 4 N–H and O–H groups in total. The molecule has 5 heteroatoms. The van der Waals surface area contributed by atoms with Gasteiger partial charge in [-0.25, -0.2) is 4.79 Å². The zero-order valence-corrected chi connectivity index (χ0v) is 12.0. The summed E-state index contributed by atoms with van der Waals surface area (Å²) in [5.74, 6) is -1.27. The van der Waals surface area contributed by atoms with E-state index in [2.05, 4.69) is 5.32 Å². The predicted molar refractivity (Wildman–Crippen MR) is 79.7 cm³/mol.